The monoisotopic (exact) mass is 497 g/mol. The van der Waals surface area contributed by atoms with E-state index in [1.54, 1.807) is 6.92 Å². The number of hydrogen-bond donors (Lipinski definition) is 3. The molecule has 1 fully saturated rings. The number of carbonyl (C=O) groups excluding carboxylic acids is 2. The van der Waals surface area contributed by atoms with Crippen LogP contribution in [-0.2, 0) is 9.53 Å². The van der Waals surface area contributed by atoms with Crippen molar-refractivity contribution in [2.45, 2.75) is 53.0 Å². The molecule has 8 nitrogen and oxygen atoms in total. The number of nitrogens with one attached hydrogen (secondary N) is 3. The van der Waals surface area contributed by atoms with E-state index in [0.29, 0.717) is 31.6 Å². The Hall–Kier alpha value is -1.26. The maximum atomic E-state index is 12.1. The molecule has 0 aliphatic carbocycles. The molecule has 0 saturated carbocycles. The topological polar surface area (TPSA) is 95.1 Å². The number of rotatable bonds is 9. The van der Waals surface area contributed by atoms with E-state index in [1.807, 2.05) is 11.8 Å². The van der Waals surface area contributed by atoms with E-state index < -0.39 is 6.09 Å². The Kier molecular flexibility index (Phi) is 14.1. The SMILES string of the molecule is CCNC(=NCC(=O)N1CCCC1)NCC(CC(C)C)NC(=O)OCC.I. The molecule has 2 amide bonds. The Morgan fingerprint density at radius 3 is 2.37 bits per heavy atom. The fraction of sp³-hybridized carbons (Fsp3) is 0.833. The molecule has 3 N–H and O–H groups in total. The third kappa shape index (κ3) is 11.2. The van der Waals surface area contributed by atoms with E-state index in [9.17, 15) is 9.59 Å². The van der Waals surface area contributed by atoms with Crippen LogP contribution in [0.5, 0.6) is 0 Å². The largest absolute Gasteiger partial charge is 0.450 e. The van der Waals surface area contributed by atoms with Crippen molar-refractivity contribution >= 4 is 41.9 Å². The molecule has 1 aliphatic rings. The maximum Gasteiger partial charge on any atom is 0.407 e. The number of alkyl carbamates (subject to hydrolysis) is 1. The third-order valence-electron chi connectivity index (χ3n) is 4.04. The van der Waals surface area contributed by atoms with E-state index in [2.05, 4.69) is 34.8 Å². The molecule has 0 aromatic heterocycles. The van der Waals surface area contributed by atoms with Gasteiger partial charge in [0, 0.05) is 32.2 Å². The highest BCUT2D eigenvalue weighted by Crippen LogP contribution is 2.07. The Morgan fingerprint density at radius 2 is 1.81 bits per heavy atom. The minimum absolute atomic E-state index is 0. The average Bonchev–Trinajstić information content (AvgIpc) is 3.11. The second-order valence-electron chi connectivity index (χ2n) is 6.86. The van der Waals surface area contributed by atoms with Crippen molar-refractivity contribution < 1.29 is 14.3 Å². The summed E-state index contributed by atoms with van der Waals surface area (Å²) in [6.07, 6.45) is 2.55. The number of amides is 2. The van der Waals surface area contributed by atoms with Crippen molar-refractivity contribution in [3.05, 3.63) is 0 Å². The van der Waals surface area contributed by atoms with E-state index in [-0.39, 0.29) is 42.5 Å². The minimum Gasteiger partial charge on any atom is -0.450 e. The molecule has 1 saturated heterocycles. The zero-order valence-electron chi connectivity index (χ0n) is 17.0. The summed E-state index contributed by atoms with van der Waals surface area (Å²) in [6, 6.07) is -0.0767. The number of halogens is 1. The van der Waals surface area contributed by atoms with Gasteiger partial charge in [0.1, 0.15) is 6.54 Å². The lowest BCUT2D eigenvalue weighted by Gasteiger charge is -2.22. The van der Waals surface area contributed by atoms with Crippen molar-refractivity contribution in [2.24, 2.45) is 10.9 Å². The van der Waals surface area contributed by atoms with E-state index in [4.69, 9.17) is 4.74 Å². The second kappa shape index (κ2) is 14.8. The molecule has 27 heavy (non-hydrogen) atoms. The number of guanidine groups is 1. The lowest BCUT2D eigenvalue weighted by Crippen LogP contribution is -2.48. The molecule has 0 aromatic carbocycles. The summed E-state index contributed by atoms with van der Waals surface area (Å²) < 4.78 is 4.97. The lowest BCUT2D eigenvalue weighted by molar-refractivity contribution is -0.128. The van der Waals surface area contributed by atoms with Gasteiger partial charge < -0.3 is 25.6 Å². The van der Waals surface area contributed by atoms with Gasteiger partial charge in [0.05, 0.1) is 6.61 Å². The van der Waals surface area contributed by atoms with Gasteiger partial charge in [0.25, 0.3) is 0 Å². The number of ether oxygens (including phenoxy) is 1. The normalized spacial score (nSPS) is 15.1. The van der Waals surface area contributed by atoms with Crippen LogP contribution in [0.3, 0.4) is 0 Å². The van der Waals surface area contributed by atoms with Crippen molar-refractivity contribution in [3.8, 4) is 0 Å². The van der Waals surface area contributed by atoms with Gasteiger partial charge in [-0.25, -0.2) is 9.79 Å². The molecule has 0 bridgehead atoms. The Morgan fingerprint density at radius 1 is 1.15 bits per heavy atom. The summed E-state index contributed by atoms with van der Waals surface area (Å²) in [4.78, 5) is 30.1. The quantitative estimate of drug-likeness (QED) is 0.257. The lowest BCUT2D eigenvalue weighted by atomic mass is 10.0. The highest BCUT2D eigenvalue weighted by atomic mass is 127. The zero-order chi connectivity index (χ0) is 19.4. The Labute approximate surface area is 180 Å². The van der Waals surface area contributed by atoms with E-state index >= 15 is 0 Å². The fourth-order valence-corrected chi connectivity index (χ4v) is 2.88. The molecule has 9 heteroatoms. The number of aliphatic imine (C=N–C) groups is 1. The highest BCUT2D eigenvalue weighted by Gasteiger charge is 2.18. The number of carbonyl (C=O) groups is 2. The van der Waals surface area contributed by atoms with Gasteiger partial charge in [-0.3, -0.25) is 4.79 Å². The van der Waals surface area contributed by atoms with Crippen LogP contribution >= 0.6 is 24.0 Å². The summed E-state index contributed by atoms with van der Waals surface area (Å²) in [5.74, 6) is 1.07. The van der Waals surface area contributed by atoms with Gasteiger partial charge in [-0.15, -0.1) is 24.0 Å². The second-order valence-corrected chi connectivity index (χ2v) is 6.86. The first-order valence-corrected chi connectivity index (χ1v) is 9.69. The van der Waals surface area contributed by atoms with Crippen LogP contribution in [0, 0.1) is 5.92 Å². The van der Waals surface area contributed by atoms with E-state index in [1.165, 1.54) is 0 Å². The predicted molar refractivity (Wildman–Crippen MR) is 119 cm³/mol. The molecule has 158 valence electrons. The van der Waals surface area contributed by atoms with Crippen LogP contribution < -0.4 is 16.0 Å². The van der Waals surface area contributed by atoms with Gasteiger partial charge in [-0.2, -0.15) is 0 Å². The minimum atomic E-state index is -0.411. The number of nitrogens with zero attached hydrogens (tertiary/aromatic N) is 2. The van der Waals surface area contributed by atoms with Crippen molar-refractivity contribution in [2.75, 3.05) is 39.3 Å². The van der Waals surface area contributed by atoms with Gasteiger partial charge >= 0.3 is 6.09 Å². The first-order valence-electron chi connectivity index (χ1n) is 9.69. The smallest absolute Gasteiger partial charge is 0.407 e. The summed E-state index contributed by atoms with van der Waals surface area (Å²) in [5.41, 5.74) is 0. The van der Waals surface area contributed by atoms with Crippen molar-refractivity contribution in [1.29, 1.82) is 0 Å². The summed E-state index contributed by atoms with van der Waals surface area (Å²) >= 11 is 0. The number of hydrogen-bond acceptors (Lipinski definition) is 4. The van der Waals surface area contributed by atoms with Crippen LogP contribution in [0.15, 0.2) is 4.99 Å². The molecule has 1 atom stereocenters. The van der Waals surface area contributed by atoms with Crippen LogP contribution in [0.2, 0.25) is 0 Å². The Bertz CT molecular complexity index is 468. The first-order chi connectivity index (χ1) is 12.5. The van der Waals surface area contributed by atoms with Crippen LogP contribution in [-0.4, -0.2) is 68.2 Å². The molecule has 0 spiro atoms. The maximum absolute atomic E-state index is 12.1. The highest BCUT2D eigenvalue weighted by molar-refractivity contribution is 14.0. The molecule has 1 rings (SSSR count). The fourth-order valence-electron chi connectivity index (χ4n) is 2.88. The summed E-state index contributed by atoms with van der Waals surface area (Å²) in [5, 5.41) is 9.23. The molecule has 1 heterocycles. The summed E-state index contributed by atoms with van der Waals surface area (Å²) in [6.45, 7) is 11.3. The first kappa shape index (κ1) is 25.7. The molecule has 0 radical (unpaired) electrons. The van der Waals surface area contributed by atoms with Gasteiger partial charge in [0.2, 0.25) is 5.91 Å². The third-order valence-corrected chi connectivity index (χ3v) is 4.04. The van der Waals surface area contributed by atoms with E-state index in [0.717, 1.165) is 32.4 Å². The molecule has 1 aliphatic heterocycles. The van der Waals surface area contributed by atoms with Crippen LogP contribution in [0.4, 0.5) is 4.79 Å². The predicted octanol–water partition coefficient (Wildman–Crippen LogP) is 1.94. The van der Waals surface area contributed by atoms with Crippen LogP contribution in [0.25, 0.3) is 0 Å². The number of likely N-dealkylation sites (tertiary alicyclic amines) is 1. The summed E-state index contributed by atoms with van der Waals surface area (Å²) in [7, 11) is 0. The standard InChI is InChI=1S/C18H35N5O3.HI/c1-5-19-17(21-13-16(24)23-9-7-8-10-23)20-12-15(11-14(3)4)22-18(25)26-6-2;/h14-15H,5-13H2,1-4H3,(H,22,25)(H2,19,20,21);1H. The Balaban J connectivity index is 0.00000676. The molecule has 1 unspecified atom stereocenters. The van der Waals surface area contributed by atoms with Crippen molar-refractivity contribution in [3.63, 3.8) is 0 Å². The molecular weight excluding hydrogens is 461 g/mol. The van der Waals surface area contributed by atoms with Gasteiger partial charge in [-0.1, -0.05) is 13.8 Å². The van der Waals surface area contributed by atoms with Gasteiger partial charge in [0.15, 0.2) is 5.96 Å². The van der Waals surface area contributed by atoms with Crippen LogP contribution in [0.1, 0.15) is 47.0 Å². The molecule has 0 aromatic rings. The van der Waals surface area contributed by atoms with Gasteiger partial charge in [-0.05, 0) is 39.0 Å². The average molecular weight is 497 g/mol. The molecular formula is C18H36IN5O3. The zero-order valence-corrected chi connectivity index (χ0v) is 19.4. The van der Waals surface area contributed by atoms with Crippen molar-refractivity contribution in [1.82, 2.24) is 20.9 Å².